The second-order valence-electron chi connectivity index (χ2n) is 8.24. The number of benzene rings is 1. The lowest BCUT2D eigenvalue weighted by atomic mass is 10.0. The fourth-order valence-corrected chi connectivity index (χ4v) is 3.94. The molecule has 1 aliphatic rings. The maximum atomic E-state index is 12.9. The molecule has 0 N–H and O–H groups in total. The summed E-state index contributed by atoms with van der Waals surface area (Å²) in [5.41, 5.74) is 5.33. The molecule has 0 atom stereocenters. The number of pyridine rings is 2. The van der Waals surface area contributed by atoms with E-state index in [0.29, 0.717) is 12.5 Å². The van der Waals surface area contributed by atoms with Crippen molar-refractivity contribution in [3.8, 4) is 17.0 Å². The summed E-state index contributed by atoms with van der Waals surface area (Å²) in [4.78, 5) is 24.1. The molecule has 1 aromatic carbocycles. The van der Waals surface area contributed by atoms with Gasteiger partial charge in [0.2, 0.25) is 5.88 Å². The number of nitrogens with zero attached hydrogens (tertiary/aromatic N) is 5. The second kappa shape index (κ2) is 8.09. The minimum Gasteiger partial charge on any atom is -0.478 e. The molecular formula is C25H25N5O2. The van der Waals surface area contributed by atoms with Gasteiger partial charge in [-0.05, 0) is 56.4 Å². The Morgan fingerprint density at radius 3 is 2.56 bits per heavy atom. The molecule has 0 spiro atoms. The Bertz CT molecular complexity index is 1430. The zero-order valence-corrected chi connectivity index (χ0v) is 18.4. The summed E-state index contributed by atoms with van der Waals surface area (Å²) < 4.78 is 9.15. The summed E-state index contributed by atoms with van der Waals surface area (Å²) in [5, 5.41) is 0.933. The zero-order valence-electron chi connectivity index (χ0n) is 18.4. The number of hydrogen-bond donors (Lipinski definition) is 0. The summed E-state index contributed by atoms with van der Waals surface area (Å²) in [6.07, 6.45) is 10.4. The van der Waals surface area contributed by atoms with Gasteiger partial charge in [0, 0.05) is 36.8 Å². The van der Waals surface area contributed by atoms with Crippen molar-refractivity contribution in [2.75, 3.05) is 27.2 Å². The molecule has 0 amide bonds. The third kappa shape index (κ3) is 3.50. The van der Waals surface area contributed by atoms with Gasteiger partial charge in [-0.2, -0.15) is 0 Å². The molecule has 1 aliphatic carbocycles. The maximum Gasteiger partial charge on any atom is 0.333 e. The highest BCUT2D eigenvalue weighted by Crippen LogP contribution is 2.30. The van der Waals surface area contributed by atoms with Crippen molar-refractivity contribution in [1.29, 1.82) is 0 Å². The Kier molecular flexibility index (Phi) is 5.11. The van der Waals surface area contributed by atoms with Crippen LogP contribution < -0.4 is 10.4 Å². The smallest absolute Gasteiger partial charge is 0.333 e. The van der Waals surface area contributed by atoms with Gasteiger partial charge in [-0.15, -0.1) is 0 Å². The molecule has 32 heavy (non-hydrogen) atoms. The fraction of sp³-hybridized carbons (Fsp3) is 0.240. The molecule has 0 fully saturated rings. The SMILES string of the molecule is CN(C)CCCOc1ccc(-c2ccc3ncc4c(c3c2)n(C2=CC=C2)c(=O)n4C)cn1. The van der Waals surface area contributed by atoms with E-state index in [1.54, 1.807) is 22.4 Å². The van der Waals surface area contributed by atoms with Gasteiger partial charge >= 0.3 is 5.69 Å². The van der Waals surface area contributed by atoms with E-state index < -0.39 is 0 Å². The minimum absolute atomic E-state index is 0.0762. The number of rotatable bonds is 7. The summed E-state index contributed by atoms with van der Waals surface area (Å²) >= 11 is 0. The van der Waals surface area contributed by atoms with Crippen molar-refractivity contribution in [3.05, 3.63) is 71.4 Å². The van der Waals surface area contributed by atoms with Crippen LogP contribution in [-0.2, 0) is 7.05 Å². The van der Waals surface area contributed by atoms with Crippen LogP contribution in [0.25, 0.3) is 38.8 Å². The lowest BCUT2D eigenvalue weighted by Gasteiger charge is -2.11. The lowest BCUT2D eigenvalue weighted by Crippen LogP contribution is -2.22. The van der Waals surface area contributed by atoms with Gasteiger partial charge < -0.3 is 9.64 Å². The lowest BCUT2D eigenvalue weighted by molar-refractivity contribution is 0.273. The quantitative estimate of drug-likeness (QED) is 0.421. The highest BCUT2D eigenvalue weighted by molar-refractivity contribution is 6.05. The van der Waals surface area contributed by atoms with Gasteiger partial charge in [0.1, 0.15) is 0 Å². The Morgan fingerprint density at radius 2 is 1.88 bits per heavy atom. The highest BCUT2D eigenvalue weighted by atomic mass is 16.5. The number of aromatic nitrogens is 4. The summed E-state index contributed by atoms with van der Waals surface area (Å²) in [6, 6.07) is 10.0. The number of hydrogen-bond acceptors (Lipinski definition) is 5. The highest BCUT2D eigenvalue weighted by Gasteiger charge is 2.18. The van der Waals surface area contributed by atoms with Crippen LogP contribution >= 0.6 is 0 Å². The number of aryl methyl sites for hydroxylation is 1. The van der Waals surface area contributed by atoms with Crippen molar-refractivity contribution >= 4 is 27.6 Å². The monoisotopic (exact) mass is 427 g/mol. The number of allylic oxidation sites excluding steroid dienone is 4. The molecule has 162 valence electrons. The molecule has 3 aromatic heterocycles. The molecule has 3 heterocycles. The first kappa shape index (κ1) is 20.2. The summed E-state index contributed by atoms with van der Waals surface area (Å²) in [7, 11) is 5.88. The van der Waals surface area contributed by atoms with Gasteiger partial charge in [-0.1, -0.05) is 12.1 Å². The number of fused-ring (bicyclic) bond motifs is 3. The van der Waals surface area contributed by atoms with Gasteiger partial charge in [-0.25, -0.2) is 9.78 Å². The van der Waals surface area contributed by atoms with Crippen LogP contribution in [-0.4, -0.2) is 51.2 Å². The van der Waals surface area contributed by atoms with E-state index in [-0.39, 0.29) is 5.69 Å². The zero-order chi connectivity index (χ0) is 22.2. The maximum absolute atomic E-state index is 12.9. The van der Waals surface area contributed by atoms with E-state index in [9.17, 15) is 4.79 Å². The minimum atomic E-state index is -0.0762. The van der Waals surface area contributed by atoms with Gasteiger partial charge in [-0.3, -0.25) is 14.1 Å². The largest absolute Gasteiger partial charge is 0.478 e. The number of imidazole rings is 1. The van der Waals surface area contributed by atoms with Crippen molar-refractivity contribution < 1.29 is 4.74 Å². The van der Waals surface area contributed by atoms with Crippen LogP contribution in [0.4, 0.5) is 0 Å². The Balaban J connectivity index is 1.51. The molecule has 0 saturated carbocycles. The molecule has 4 aromatic rings. The van der Waals surface area contributed by atoms with E-state index in [0.717, 1.165) is 51.7 Å². The van der Waals surface area contributed by atoms with Crippen LogP contribution in [0.3, 0.4) is 0 Å². The van der Waals surface area contributed by atoms with Crippen molar-refractivity contribution in [2.24, 2.45) is 7.05 Å². The molecule has 0 saturated heterocycles. The van der Waals surface area contributed by atoms with E-state index >= 15 is 0 Å². The van der Waals surface area contributed by atoms with Gasteiger partial charge in [0.25, 0.3) is 0 Å². The van der Waals surface area contributed by atoms with Crippen molar-refractivity contribution in [1.82, 2.24) is 24.0 Å². The topological polar surface area (TPSA) is 65.2 Å². The second-order valence-corrected chi connectivity index (χ2v) is 8.24. The van der Waals surface area contributed by atoms with Gasteiger partial charge in [0.05, 0.1) is 35.1 Å². The predicted octanol–water partition coefficient (Wildman–Crippen LogP) is 3.69. The van der Waals surface area contributed by atoms with Crippen molar-refractivity contribution in [2.45, 2.75) is 6.42 Å². The Morgan fingerprint density at radius 1 is 1.06 bits per heavy atom. The molecule has 5 rings (SSSR count). The third-order valence-corrected chi connectivity index (χ3v) is 5.74. The number of ether oxygens (including phenoxy) is 1. The molecule has 0 radical (unpaired) electrons. The summed E-state index contributed by atoms with van der Waals surface area (Å²) in [6.45, 7) is 1.62. The molecule has 7 nitrogen and oxygen atoms in total. The van der Waals surface area contributed by atoms with E-state index in [4.69, 9.17) is 4.74 Å². The Labute approximate surface area is 185 Å². The standard InChI is InChI=1S/C25H25N5O2/c1-28(2)12-5-13-32-23-11-9-18(15-27-23)17-8-10-21-20(14-17)24-22(16-26-21)29(3)25(31)30(24)19-6-4-7-19/h4,6-11,14-16H,5,12-13H2,1-3H3. The molecule has 0 unspecified atom stereocenters. The van der Waals surface area contributed by atoms with Crippen LogP contribution in [0.15, 0.2) is 65.7 Å². The van der Waals surface area contributed by atoms with E-state index in [1.807, 2.05) is 48.7 Å². The van der Waals surface area contributed by atoms with Crippen molar-refractivity contribution in [3.63, 3.8) is 0 Å². The molecule has 0 bridgehead atoms. The van der Waals surface area contributed by atoms with E-state index in [1.165, 1.54) is 0 Å². The average molecular weight is 428 g/mol. The van der Waals surface area contributed by atoms with E-state index in [2.05, 4.69) is 35.0 Å². The van der Waals surface area contributed by atoms with Crippen LogP contribution in [0.5, 0.6) is 5.88 Å². The fourth-order valence-electron chi connectivity index (χ4n) is 3.94. The summed E-state index contributed by atoms with van der Waals surface area (Å²) in [5.74, 6) is 0.623. The van der Waals surface area contributed by atoms with Gasteiger partial charge in [0.15, 0.2) is 0 Å². The van der Waals surface area contributed by atoms with Crippen LogP contribution in [0.2, 0.25) is 0 Å². The molecular weight excluding hydrogens is 402 g/mol. The average Bonchev–Trinajstić information content (AvgIpc) is 3.01. The Hall–Kier alpha value is -3.71. The van der Waals surface area contributed by atoms with Crippen LogP contribution in [0.1, 0.15) is 6.42 Å². The normalized spacial score (nSPS) is 13.1. The first-order valence-corrected chi connectivity index (χ1v) is 10.7. The molecule has 7 heteroatoms. The third-order valence-electron chi connectivity index (χ3n) is 5.74. The molecule has 0 aliphatic heterocycles. The van der Waals surface area contributed by atoms with Crippen LogP contribution in [0, 0.1) is 0 Å². The first-order chi connectivity index (χ1) is 15.5. The predicted molar refractivity (Wildman–Crippen MR) is 128 cm³/mol. The first-order valence-electron chi connectivity index (χ1n) is 10.7.